The summed E-state index contributed by atoms with van der Waals surface area (Å²) in [6.45, 7) is 7.49. The van der Waals surface area contributed by atoms with Gasteiger partial charge in [0.1, 0.15) is 0 Å². The molecule has 6 heteroatoms. The Hall–Kier alpha value is -0.910. The summed E-state index contributed by atoms with van der Waals surface area (Å²) in [6, 6.07) is 15.0. The van der Waals surface area contributed by atoms with E-state index in [0.29, 0.717) is 0 Å². The van der Waals surface area contributed by atoms with Crippen LogP contribution in [-0.2, 0) is 4.74 Å². The second-order valence-electron chi connectivity index (χ2n) is 7.63. The van der Waals surface area contributed by atoms with Crippen LogP contribution in [0.4, 0.5) is 11.4 Å². The maximum absolute atomic E-state index is 6.39. The number of para-hydroxylation sites is 1. The van der Waals surface area contributed by atoms with Crippen molar-refractivity contribution in [2.45, 2.75) is 29.6 Å². The number of hydrogen-bond donors (Lipinski definition) is 0. The molecule has 2 heterocycles. The van der Waals surface area contributed by atoms with E-state index < -0.39 is 0 Å². The Morgan fingerprint density at radius 3 is 2.68 bits per heavy atom. The van der Waals surface area contributed by atoms with Gasteiger partial charge in [0.15, 0.2) is 0 Å². The van der Waals surface area contributed by atoms with Crippen molar-refractivity contribution in [1.29, 1.82) is 0 Å². The number of nitrogens with zero attached hydrogens (tertiary/aromatic N) is 2. The smallest absolute Gasteiger partial charge is 0.0567 e. The minimum atomic E-state index is 0. The molecule has 0 N–H and O–H groups in total. The fourth-order valence-electron chi connectivity index (χ4n) is 4.34. The zero-order valence-corrected chi connectivity index (χ0v) is 18.9. The van der Waals surface area contributed by atoms with E-state index in [-0.39, 0.29) is 17.8 Å². The number of fused-ring (bicyclic) bond motifs is 2. The van der Waals surface area contributed by atoms with Gasteiger partial charge in [-0.1, -0.05) is 42.4 Å². The highest BCUT2D eigenvalue weighted by molar-refractivity contribution is 7.99. The molecule has 1 saturated heterocycles. The van der Waals surface area contributed by atoms with Gasteiger partial charge in [0.25, 0.3) is 0 Å². The van der Waals surface area contributed by atoms with E-state index in [1.807, 2.05) is 24.9 Å². The van der Waals surface area contributed by atoms with Gasteiger partial charge < -0.3 is 14.5 Å². The maximum Gasteiger partial charge on any atom is 0.0567 e. The standard InChI is InChI=1S/C22H27ClN2OS.ClH/c1-3-24-12-10-22(15-24,11-13-26-2)16-25-18-6-4-5-7-20(18)27-21-9-8-17(23)14-19(21)25;/h4-9,14H,3,10-13,15-16H2,1-2H3;1H. The fourth-order valence-corrected chi connectivity index (χ4v) is 5.58. The zero-order chi connectivity index (χ0) is 18.9. The second-order valence-corrected chi connectivity index (χ2v) is 9.15. The SMILES string of the molecule is CCN1CCC(CCOC)(CN2c3ccccc3Sc3ccc(Cl)cc32)C1.Cl. The number of anilines is 2. The predicted molar refractivity (Wildman–Crippen MR) is 122 cm³/mol. The molecule has 2 aliphatic heterocycles. The molecule has 2 aromatic rings. The molecule has 0 spiro atoms. The largest absolute Gasteiger partial charge is 0.385 e. The molecule has 1 unspecified atom stereocenters. The van der Waals surface area contributed by atoms with Gasteiger partial charge in [-0.2, -0.15) is 0 Å². The first-order valence-electron chi connectivity index (χ1n) is 9.69. The molecule has 0 aliphatic carbocycles. The van der Waals surface area contributed by atoms with Crippen molar-refractivity contribution >= 4 is 47.1 Å². The van der Waals surface area contributed by atoms with Crippen molar-refractivity contribution in [2.24, 2.45) is 5.41 Å². The van der Waals surface area contributed by atoms with Gasteiger partial charge in [-0.25, -0.2) is 0 Å². The lowest BCUT2D eigenvalue weighted by Crippen LogP contribution is -2.39. The van der Waals surface area contributed by atoms with Gasteiger partial charge in [-0.3, -0.25) is 0 Å². The highest BCUT2D eigenvalue weighted by Gasteiger charge is 2.40. The first kappa shape index (κ1) is 21.8. The Labute approximate surface area is 183 Å². The molecule has 0 radical (unpaired) electrons. The molecule has 152 valence electrons. The normalized spacial score (nSPS) is 21.2. The predicted octanol–water partition coefficient (Wildman–Crippen LogP) is 6.11. The summed E-state index contributed by atoms with van der Waals surface area (Å²) in [4.78, 5) is 7.67. The maximum atomic E-state index is 6.39. The van der Waals surface area contributed by atoms with E-state index in [9.17, 15) is 0 Å². The van der Waals surface area contributed by atoms with Crippen LogP contribution in [0.5, 0.6) is 0 Å². The van der Waals surface area contributed by atoms with E-state index in [1.165, 1.54) is 34.1 Å². The number of halogens is 2. The number of hydrogen-bond acceptors (Lipinski definition) is 4. The molecule has 4 rings (SSSR count). The molecule has 1 fully saturated rings. The number of ether oxygens (including phenoxy) is 1. The van der Waals surface area contributed by atoms with Crippen LogP contribution in [-0.4, -0.2) is 44.8 Å². The Kier molecular flexibility index (Phi) is 7.21. The van der Waals surface area contributed by atoms with Crippen molar-refractivity contribution in [1.82, 2.24) is 4.90 Å². The molecule has 0 aromatic heterocycles. The first-order valence-corrected chi connectivity index (χ1v) is 10.9. The van der Waals surface area contributed by atoms with Gasteiger partial charge in [-0.05, 0) is 56.3 Å². The lowest BCUT2D eigenvalue weighted by atomic mass is 9.82. The highest BCUT2D eigenvalue weighted by Crippen LogP contribution is 2.50. The third-order valence-electron chi connectivity index (χ3n) is 5.88. The van der Waals surface area contributed by atoms with Crippen LogP contribution in [0.2, 0.25) is 5.02 Å². The van der Waals surface area contributed by atoms with E-state index in [1.54, 1.807) is 0 Å². The topological polar surface area (TPSA) is 15.7 Å². The molecular formula is C22H28Cl2N2OS. The summed E-state index contributed by atoms with van der Waals surface area (Å²) in [5.74, 6) is 0. The Morgan fingerprint density at radius 2 is 1.93 bits per heavy atom. The minimum absolute atomic E-state index is 0. The Bertz CT molecular complexity index is 819. The fraction of sp³-hybridized carbons (Fsp3) is 0.455. The number of methoxy groups -OCH3 is 1. The average Bonchev–Trinajstić information content (AvgIpc) is 3.10. The van der Waals surface area contributed by atoms with Gasteiger partial charge in [0.05, 0.1) is 11.4 Å². The third-order valence-corrected chi connectivity index (χ3v) is 7.25. The monoisotopic (exact) mass is 438 g/mol. The quantitative estimate of drug-likeness (QED) is 0.539. The lowest BCUT2D eigenvalue weighted by molar-refractivity contribution is 0.139. The van der Waals surface area contributed by atoms with Crippen LogP contribution in [0.25, 0.3) is 0 Å². The Balaban J connectivity index is 0.00000225. The number of likely N-dealkylation sites (tertiary alicyclic amines) is 1. The minimum Gasteiger partial charge on any atom is -0.385 e. The van der Waals surface area contributed by atoms with Gasteiger partial charge in [-0.15, -0.1) is 12.4 Å². The summed E-state index contributed by atoms with van der Waals surface area (Å²) in [6.07, 6.45) is 2.30. The molecule has 3 nitrogen and oxygen atoms in total. The van der Waals surface area contributed by atoms with Crippen LogP contribution < -0.4 is 4.90 Å². The summed E-state index contributed by atoms with van der Waals surface area (Å²) in [7, 11) is 1.81. The molecule has 0 saturated carbocycles. The van der Waals surface area contributed by atoms with E-state index >= 15 is 0 Å². The molecule has 1 atom stereocenters. The first-order chi connectivity index (χ1) is 13.1. The van der Waals surface area contributed by atoms with Crippen molar-refractivity contribution in [3.63, 3.8) is 0 Å². The van der Waals surface area contributed by atoms with Crippen molar-refractivity contribution in [3.8, 4) is 0 Å². The van der Waals surface area contributed by atoms with Crippen molar-refractivity contribution < 1.29 is 4.74 Å². The van der Waals surface area contributed by atoms with Gasteiger partial charge >= 0.3 is 0 Å². The summed E-state index contributed by atoms with van der Waals surface area (Å²) in [5.41, 5.74) is 2.77. The molecule has 28 heavy (non-hydrogen) atoms. The lowest BCUT2D eigenvalue weighted by Gasteiger charge is -2.40. The highest BCUT2D eigenvalue weighted by atomic mass is 35.5. The molecule has 0 amide bonds. The van der Waals surface area contributed by atoms with Crippen molar-refractivity contribution in [2.75, 3.05) is 44.8 Å². The number of benzene rings is 2. The van der Waals surface area contributed by atoms with Crippen LogP contribution >= 0.6 is 35.8 Å². The summed E-state index contributed by atoms with van der Waals surface area (Å²) < 4.78 is 5.48. The van der Waals surface area contributed by atoms with Crippen LogP contribution in [0.3, 0.4) is 0 Å². The molecule has 2 aromatic carbocycles. The summed E-state index contributed by atoms with van der Waals surface area (Å²) in [5, 5.41) is 0.797. The van der Waals surface area contributed by atoms with Gasteiger partial charge in [0, 0.05) is 47.0 Å². The Morgan fingerprint density at radius 1 is 1.14 bits per heavy atom. The van der Waals surface area contributed by atoms with Crippen LogP contribution in [0, 0.1) is 5.41 Å². The zero-order valence-electron chi connectivity index (χ0n) is 16.5. The van der Waals surface area contributed by atoms with Crippen LogP contribution in [0.15, 0.2) is 52.3 Å². The molecule has 2 aliphatic rings. The average molecular weight is 439 g/mol. The van der Waals surface area contributed by atoms with Crippen molar-refractivity contribution in [3.05, 3.63) is 47.5 Å². The summed E-state index contributed by atoms with van der Waals surface area (Å²) >= 11 is 8.22. The van der Waals surface area contributed by atoms with E-state index in [0.717, 1.165) is 37.7 Å². The third kappa shape index (κ3) is 4.31. The second kappa shape index (κ2) is 9.27. The van der Waals surface area contributed by atoms with Crippen LogP contribution in [0.1, 0.15) is 19.8 Å². The van der Waals surface area contributed by atoms with Gasteiger partial charge in [0.2, 0.25) is 0 Å². The molecule has 0 bridgehead atoms. The number of rotatable bonds is 6. The van der Waals surface area contributed by atoms with E-state index in [2.05, 4.69) is 53.1 Å². The molecular weight excluding hydrogens is 411 g/mol. The van der Waals surface area contributed by atoms with E-state index in [4.69, 9.17) is 16.3 Å².